The number of aliphatic hydroxyl groups is 2. The van der Waals surface area contributed by atoms with Crippen LogP contribution >= 0.6 is 68.0 Å². The number of amides is 6. The van der Waals surface area contributed by atoms with E-state index in [9.17, 15) is 34.2 Å². The van der Waals surface area contributed by atoms with Crippen molar-refractivity contribution in [1.29, 1.82) is 10.9 Å². The summed E-state index contributed by atoms with van der Waals surface area (Å²) in [5.41, 5.74) is 23.3. The predicted octanol–water partition coefficient (Wildman–Crippen LogP) is 6.57. The van der Waals surface area contributed by atoms with E-state index in [2.05, 4.69) is 41.6 Å². The SMILES string of the molecule is Cc1sc2nc1C(=O)N[C@@H]([C@H](O)c1ccccc1)c1nc(cs1)C(=O)N[C@@H](Cc1ccc(OCC(=N)NN=N)cc1)C(=O)N1C[C@H](O)[C@H](C)[C@H]1c1nc(cs1)-c1nc(cs1)-c1nc(-c3nc(C(N)=O)cs3)ccc1-c1nc(cs1)C(=O)N[C@H]2CC(N)=O. The van der Waals surface area contributed by atoms with Gasteiger partial charge in [-0.2, -0.15) is 5.53 Å². The third-order valence-corrected chi connectivity index (χ3v) is 19.6. The highest BCUT2D eigenvalue weighted by Crippen LogP contribution is 2.43. The molecule has 87 heavy (non-hydrogen) atoms. The fourth-order valence-electron chi connectivity index (χ4n) is 9.65. The minimum absolute atomic E-state index is 0.0274. The Morgan fingerprint density at radius 3 is 2.13 bits per heavy atom. The Morgan fingerprint density at radius 1 is 0.736 bits per heavy atom. The van der Waals surface area contributed by atoms with Gasteiger partial charge in [-0.1, -0.05) is 54.6 Å². The highest BCUT2D eigenvalue weighted by atomic mass is 32.1. The van der Waals surface area contributed by atoms with Crippen molar-refractivity contribution in [1.82, 2.24) is 61.2 Å². The lowest BCUT2D eigenvalue weighted by Gasteiger charge is -2.29. The van der Waals surface area contributed by atoms with Crippen molar-refractivity contribution in [3.8, 4) is 49.1 Å². The number of fused-ring (bicyclic) bond motifs is 16. The molecule has 1 fully saturated rings. The van der Waals surface area contributed by atoms with Crippen LogP contribution in [0.1, 0.15) is 111 Å². The zero-order valence-corrected chi connectivity index (χ0v) is 50.4. The van der Waals surface area contributed by atoms with Crippen molar-refractivity contribution in [3.05, 3.63) is 147 Å². The summed E-state index contributed by atoms with van der Waals surface area (Å²) < 4.78 is 5.66. The molecule has 7 aromatic heterocycles. The van der Waals surface area contributed by atoms with Crippen LogP contribution in [0.25, 0.3) is 43.4 Å². The Labute approximate surface area is 517 Å². The van der Waals surface area contributed by atoms with Crippen molar-refractivity contribution in [2.45, 2.75) is 63.1 Å². The molecule has 9 heterocycles. The van der Waals surface area contributed by atoms with Crippen LogP contribution < -0.4 is 37.6 Å². The number of nitrogens with zero attached hydrogens (tertiary/aromatic N) is 9. The zero-order valence-electron chi connectivity index (χ0n) is 45.5. The molecule has 0 aliphatic carbocycles. The average Bonchev–Trinajstić information content (AvgIpc) is 2.32. The molecule has 9 aromatic rings. The van der Waals surface area contributed by atoms with Gasteiger partial charge >= 0.3 is 0 Å². The lowest BCUT2D eigenvalue weighted by atomic mass is 10.00. The quantitative estimate of drug-likeness (QED) is 0.0267. The van der Waals surface area contributed by atoms with Crippen LogP contribution in [0.2, 0.25) is 0 Å². The van der Waals surface area contributed by atoms with Gasteiger partial charge in [-0.05, 0) is 42.3 Å². The maximum absolute atomic E-state index is 15.3. The van der Waals surface area contributed by atoms with E-state index in [-0.39, 0.29) is 58.2 Å². The normalized spacial score (nSPS) is 19.2. The summed E-state index contributed by atoms with van der Waals surface area (Å²) in [7, 11) is 0. The third kappa shape index (κ3) is 12.9. The summed E-state index contributed by atoms with van der Waals surface area (Å²) in [6.45, 7) is 3.12. The van der Waals surface area contributed by atoms with E-state index in [1.54, 1.807) is 84.4 Å². The number of ether oxygens (including phenoxy) is 1. The second-order valence-electron chi connectivity index (χ2n) is 19.9. The summed E-state index contributed by atoms with van der Waals surface area (Å²) in [6, 6.07) is 14.1. The van der Waals surface area contributed by atoms with Gasteiger partial charge in [0.05, 0.1) is 30.3 Å². The fraction of sp³-hybridized carbons (Fsp3) is 0.236. The molecular weight excluding hydrogens is 1240 g/mol. The monoisotopic (exact) mass is 1280 g/mol. The lowest BCUT2D eigenvalue weighted by molar-refractivity contribution is -0.134. The Balaban J connectivity index is 1.01. The van der Waals surface area contributed by atoms with Gasteiger partial charge < -0.3 is 47.3 Å². The molecule has 1 saturated heterocycles. The van der Waals surface area contributed by atoms with Crippen LogP contribution in [-0.2, 0) is 16.0 Å². The number of nitrogens with two attached hydrogens (primary N) is 2. The van der Waals surface area contributed by atoms with E-state index >= 15 is 4.79 Å². The number of nitrogens with one attached hydrogen (secondary N) is 6. The molecule has 2 aliphatic rings. The Bertz CT molecular complexity index is 4120. The maximum Gasteiger partial charge on any atom is 0.271 e. The van der Waals surface area contributed by atoms with Crippen molar-refractivity contribution in [2.75, 3.05) is 13.2 Å². The molecule has 12 N–H and O–H groups in total. The van der Waals surface area contributed by atoms with Gasteiger partial charge in [0.15, 0.2) is 5.84 Å². The third-order valence-electron chi connectivity index (χ3n) is 14.0. The fourth-order valence-corrected chi connectivity index (χ4v) is 15.0. The second-order valence-corrected chi connectivity index (χ2v) is 25.5. The van der Waals surface area contributed by atoms with Crippen molar-refractivity contribution >= 4 is 109 Å². The highest BCUT2D eigenvalue weighted by molar-refractivity contribution is 7.15. The number of pyridine rings is 1. The molecule has 0 radical (unpaired) electrons. The number of primary amides is 2. The Morgan fingerprint density at radius 2 is 1.39 bits per heavy atom. The van der Waals surface area contributed by atoms with E-state index in [1.807, 2.05) is 6.92 Å². The van der Waals surface area contributed by atoms with Crippen LogP contribution in [0.4, 0.5) is 0 Å². The Kier molecular flexibility index (Phi) is 17.5. The van der Waals surface area contributed by atoms with E-state index < -0.39 is 84.2 Å². The van der Waals surface area contributed by atoms with Gasteiger partial charge in [0, 0.05) is 56.2 Å². The number of hydrogen-bond acceptors (Lipinski definition) is 25. The summed E-state index contributed by atoms with van der Waals surface area (Å²) >= 11 is 6.83. The zero-order chi connectivity index (χ0) is 61.2. The van der Waals surface area contributed by atoms with Crippen LogP contribution in [0.5, 0.6) is 5.75 Å². The van der Waals surface area contributed by atoms with Gasteiger partial charge in [0.25, 0.3) is 23.6 Å². The molecule has 0 unspecified atom stereocenters. The molecule has 11 rings (SSSR count). The number of benzene rings is 2. The van der Waals surface area contributed by atoms with E-state index in [4.69, 9.17) is 47.1 Å². The highest BCUT2D eigenvalue weighted by Gasteiger charge is 2.45. The number of carbonyl (C=O) groups excluding carboxylic acids is 6. The van der Waals surface area contributed by atoms with E-state index in [1.165, 1.54) is 43.7 Å². The number of aliphatic hydroxyl groups excluding tert-OH is 2. The second kappa shape index (κ2) is 25.5. The van der Waals surface area contributed by atoms with E-state index in [0.29, 0.717) is 70.1 Å². The standard InChI is InChI=1S/C55H49N17O9S6/c1-23-37(73)16-72-43(23)54-67-36(22-86-54)51-63-32(18-83-51)41-28(12-13-29(60-41)50-64-33(19-84-50)45(58)76)49-65-34(20-82-49)46(77)61-30(15-39(57)74)52-69-40(24(2)87-52)48(79)68-42(44(75)26-6-4-3-5-7-26)53-66-35(21-85-53)47(78)62-31(55(72)80)14-25-8-10-27(11-9-25)81-17-38(56)70-71-59/h3-13,18-23,30-31,37,42-44,73,75H,14-17H2,1-2H3,(H2,57,74)(H2,58,76)(H,61,77)(H,62,78)(H,68,79)(H3,56,59,70)/t23-,30-,31-,37-,42-,43-,44+/m0/s1. The number of thiazole rings is 6. The number of hydrogen-bond donors (Lipinski definition) is 10. The van der Waals surface area contributed by atoms with Gasteiger partial charge in [-0.25, -0.2) is 40.3 Å². The van der Waals surface area contributed by atoms with Gasteiger partial charge in [-0.15, -0.1) is 68.0 Å². The predicted molar refractivity (Wildman–Crippen MR) is 324 cm³/mol. The molecule has 32 heteroatoms. The minimum Gasteiger partial charge on any atom is -0.486 e. The maximum atomic E-state index is 15.3. The smallest absolute Gasteiger partial charge is 0.271 e. The number of aryl methyl sites for hydroxylation is 1. The molecule has 6 amide bonds. The summed E-state index contributed by atoms with van der Waals surface area (Å²) in [5.74, 6) is -4.58. The minimum atomic E-state index is -1.43. The van der Waals surface area contributed by atoms with Crippen LogP contribution in [-0.4, -0.2) is 117 Å². The van der Waals surface area contributed by atoms with Gasteiger partial charge in [0.1, 0.15) is 100 Å². The molecule has 444 valence electrons. The molecule has 0 saturated carbocycles. The summed E-state index contributed by atoms with van der Waals surface area (Å²) in [4.78, 5) is 119. The van der Waals surface area contributed by atoms with E-state index in [0.717, 1.165) is 45.3 Å². The van der Waals surface area contributed by atoms with Crippen LogP contribution in [0, 0.1) is 23.8 Å². The summed E-state index contributed by atoms with van der Waals surface area (Å²) in [5, 5.41) is 53.0. The van der Waals surface area contributed by atoms with Gasteiger partial charge in [0.2, 0.25) is 11.8 Å². The first-order valence-electron chi connectivity index (χ1n) is 26.3. The summed E-state index contributed by atoms with van der Waals surface area (Å²) in [6.07, 6.45) is -2.89. The molecule has 10 bridgehead atoms. The molecule has 2 aromatic carbocycles. The van der Waals surface area contributed by atoms with Gasteiger partial charge in [-0.3, -0.25) is 34.2 Å². The lowest BCUT2D eigenvalue weighted by Crippen LogP contribution is -2.50. The number of rotatable bonds is 12. The van der Waals surface area contributed by atoms with Crippen LogP contribution in [0.3, 0.4) is 0 Å². The molecule has 2 aliphatic heterocycles. The molecular formula is C55H49N17O9S6. The Hall–Kier alpha value is -9.02. The largest absolute Gasteiger partial charge is 0.486 e. The van der Waals surface area contributed by atoms with Crippen molar-refractivity contribution in [2.24, 2.45) is 22.6 Å². The first-order valence-corrected chi connectivity index (χ1v) is 31.5. The van der Waals surface area contributed by atoms with Crippen molar-refractivity contribution < 1.29 is 43.7 Å². The molecule has 0 spiro atoms. The first-order chi connectivity index (χ1) is 41.9. The topological polar surface area (TPSA) is 406 Å². The molecule has 26 nitrogen and oxygen atoms in total. The molecule has 7 atom stereocenters. The van der Waals surface area contributed by atoms with Crippen molar-refractivity contribution in [3.63, 3.8) is 0 Å². The number of aromatic nitrogens is 7. The first kappa shape index (κ1) is 59.7. The van der Waals surface area contributed by atoms with Crippen LogP contribution in [0.15, 0.2) is 98.9 Å². The number of carbonyl (C=O) groups is 6. The number of amidine groups is 1. The average molecular weight is 1280 g/mol.